The second-order valence-electron chi connectivity index (χ2n) is 3.53. The first-order chi connectivity index (χ1) is 6.72. The molecule has 74 valence electrons. The molecule has 2 rings (SSSR count). The van der Waals surface area contributed by atoms with Crippen molar-refractivity contribution in [2.75, 3.05) is 7.11 Å². The quantitative estimate of drug-likeness (QED) is 0.687. The summed E-state index contributed by atoms with van der Waals surface area (Å²) in [6.45, 7) is 4.11. The van der Waals surface area contributed by atoms with E-state index in [4.69, 9.17) is 9.39 Å². The van der Waals surface area contributed by atoms with Crippen molar-refractivity contribution in [1.82, 2.24) is 5.23 Å². The lowest BCUT2D eigenvalue weighted by atomic mass is 9.82. The lowest BCUT2D eigenvalue weighted by molar-refractivity contribution is 0.381. The van der Waals surface area contributed by atoms with Crippen molar-refractivity contribution in [1.29, 1.82) is 0 Å². The van der Waals surface area contributed by atoms with Gasteiger partial charge in [-0.05, 0) is 19.8 Å². The second-order valence-corrected chi connectivity index (χ2v) is 3.53. The fourth-order valence-corrected chi connectivity index (χ4v) is 1.81. The van der Waals surface area contributed by atoms with Crippen LogP contribution in [0.1, 0.15) is 18.5 Å². The molecule has 0 amide bonds. The fourth-order valence-electron chi connectivity index (χ4n) is 1.81. The van der Waals surface area contributed by atoms with E-state index in [9.17, 15) is 0 Å². The summed E-state index contributed by atoms with van der Waals surface area (Å²) in [5.41, 5.74) is 1.16. The van der Waals surface area contributed by atoms with Crippen molar-refractivity contribution in [3.63, 3.8) is 0 Å². The highest BCUT2D eigenvalue weighted by Crippen LogP contribution is 2.37. The minimum atomic E-state index is 0.0359. The standard InChI is InChI=1S/C10H14BNO2/c1-7-8-5-4-6-9(13-3)10(8)14-11(2)12-7/h4-7,12H,1-3H3. The summed E-state index contributed by atoms with van der Waals surface area (Å²) in [5, 5.41) is 3.31. The van der Waals surface area contributed by atoms with Gasteiger partial charge in [0.15, 0.2) is 5.75 Å². The van der Waals surface area contributed by atoms with Gasteiger partial charge in [-0.15, -0.1) is 0 Å². The summed E-state index contributed by atoms with van der Waals surface area (Å²) in [4.78, 5) is 0. The number of hydrogen-bond acceptors (Lipinski definition) is 3. The van der Waals surface area contributed by atoms with Crippen LogP contribution < -0.4 is 14.6 Å². The van der Waals surface area contributed by atoms with Gasteiger partial charge in [0.05, 0.1) is 7.11 Å². The molecule has 4 heteroatoms. The number of hydrogen-bond donors (Lipinski definition) is 1. The third-order valence-corrected chi connectivity index (χ3v) is 2.48. The Kier molecular flexibility index (Phi) is 2.38. The van der Waals surface area contributed by atoms with Gasteiger partial charge in [0.25, 0.3) is 0 Å². The van der Waals surface area contributed by atoms with Crippen LogP contribution in [0.3, 0.4) is 0 Å². The zero-order valence-corrected chi connectivity index (χ0v) is 8.70. The highest BCUT2D eigenvalue weighted by molar-refractivity contribution is 6.48. The molecule has 1 aromatic carbocycles. The van der Waals surface area contributed by atoms with Gasteiger partial charge in [0.2, 0.25) is 0 Å². The van der Waals surface area contributed by atoms with Crippen LogP contribution in [0.4, 0.5) is 0 Å². The van der Waals surface area contributed by atoms with Crippen LogP contribution in [0.25, 0.3) is 0 Å². The number of fused-ring (bicyclic) bond motifs is 1. The van der Waals surface area contributed by atoms with Gasteiger partial charge in [-0.25, -0.2) is 0 Å². The monoisotopic (exact) mass is 191 g/mol. The van der Waals surface area contributed by atoms with Crippen LogP contribution >= 0.6 is 0 Å². The Morgan fingerprint density at radius 1 is 1.50 bits per heavy atom. The Balaban J connectivity index is 2.47. The normalized spacial score (nSPS) is 19.9. The Hall–Kier alpha value is -1.16. The lowest BCUT2D eigenvalue weighted by Gasteiger charge is -2.28. The van der Waals surface area contributed by atoms with Gasteiger partial charge in [0.1, 0.15) is 5.75 Å². The molecular formula is C10H14BNO2. The highest BCUT2D eigenvalue weighted by Gasteiger charge is 2.27. The summed E-state index contributed by atoms with van der Waals surface area (Å²) in [6, 6.07) is 6.27. The predicted octanol–water partition coefficient (Wildman–Crippen LogP) is 1.86. The molecule has 14 heavy (non-hydrogen) atoms. The first-order valence-corrected chi connectivity index (χ1v) is 4.82. The van der Waals surface area contributed by atoms with Crippen LogP contribution in [0.5, 0.6) is 11.5 Å². The first kappa shape index (κ1) is 9.40. The van der Waals surface area contributed by atoms with E-state index in [1.54, 1.807) is 7.11 Å². The van der Waals surface area contributed by atoms with Gasteiger partial charge in [-0.2, -0.15) is 0 Å². The molecule has 1 aromatic rings. The van der Waals surface area contributed by atoms with Gasteiger partial charge >= 0.3 is 7.05 Å². The number of benzene rings is 1. The molecule has 0 aliphatic carbocycles. The maximum absolute atomic E-state index is 5.69. The minimum Gasteiger partial charge on any atom is -0.543 e. The molecule has 1 aliphatic heterocycles. The average Bonchev–Trinajstić information content (AvgIpc) is 2.17. The minimum absolute atomic E-state index is 0.0359. The Labute approximate surface area is 84.5 Å². The van der Waals surface area contributed by atoms with E-state index < -0.39 is 0 Å². The van der Waals surface area contributed by atoms with E-state index in [-0.39, 0.29) is 7.05 Å². The van der Waals surface area contributed by atoms with Gasteiger partial charge in [-0.1, -0.05) is 12.1 Å². The van der Waals surface area contributed by atoms with Gasteiger partial charge < -0.3 is 14.6 Å². The van der Waals surface area contributed by atoms with Crippen LogP contribution in [0.15, 0.2) is 18.2 Å². The molecule has 0 saturated carbocycles. The summed E-state index contributed by atoms with van der Waals surface area (Å²) in [5.74, 6) is 1.68. The molecule has 0 saturated heterocycles. The molecule has 3 nitrogen and oxygen atoms in total. The summed E-state index contributed by atoms with van der Waals surface area (Å²) >= 11 is 0. The van der Waals surface area contributed by atoms with Crippen molar-refractivity contribution in [3.05, 3.63) is 23.8 Å². The number of para-hydroxylation sites is 1. The Bertz CT molecular complexity index is 343. The Morgan fingerprint density at radius 3 is 3.00 bits per heavy atom. The van der Waals surface area contributed by atoms with Crippen molar-refractivity contribution in [2.45, 2.75) is 19.8 Å². The molecule has 1 heterocycles. The molecular weight excluding hydrogens is 177 g/mol. The second kappa shape index (κ2) is 3.54. The smallest absolute Gasteiger partial charge is 0.443 e. The largest absolute Gasteiger partial charge is 0.543 e. The molecule has 1 unspecified atom stereocenters. The molecule has 0 aromatic heterocycles. The third-order valence-electron chi connectivity index (χ3n) is 2.48. The van der Waals surface area contributed by atoms with E-state index >= 15 is 0 Å². The number of ether oxygens (including phenoxy) is 1. The van der Waals surface area contributed by atoms with E-state index in [0.29, 0.717) is 6.04 Å². The zero-order valence-electron chi connectivity index (χ0n) is 8.70. The van der Waals surface area contributed by atoms with Crippen molar-refractivity contribution in [3.8, 4) is 11.5 Å². The fraction of sp³-hybridized carbons (Fsp3) is 0.400. The van der Waals surface area contributed by atoms with E-state index in [1.165, 1.54) is 0 Å². The Morgan fingerprint density at radius 2 is 2.29 bits per heavy atom. The molecule has 0 bridgehead atoms. The van der Waals surface area contributed by atoms with Crippen LogP contribution in [0, 0.1) is 0 Å². The summed E-state index contributed by atoms with van der Waals surface area (Å²) < 4.78 is 10.9. The van der Waals surface area contributed by atoms with E-state index in [2.05, 4.69) is 18.2 Å². The van der Waals surface area contributed by atoms with Crippen molar-refractivity contribution < 1.29 is 9.39 Å². The molecule has 1 atom stereocenters. The molecule has 0 spiro atoms. The summed E-state index contributed by atoms with van der Waals surface area (Å²) in [7, 11) is 1.70. The zero-order chi connectivity index (χ0) is 10.1. The first-order valence-electron chi connectivity index (χ1n) is 4.82. The predicted molar refractivity (Wildman–Crippen MR) is 56.8 cm³/mol. The van der Waals surface area contributed by atoms with Crippen LogP contribution in [-0.4, -0.2) is 14.2 Å². The maximum atomic E-state index is 5.69. The highest BCUT2D eigenvalue weighted by atomic mass is 16.5. The van der Waals surface area contributed by atoms with Gasteiger partial charge in [0, 0.05) is 11.6 Å². The molecule has 1 aliphatic rings. The SMILES string of the molecule is COc1cccc2c1OB(C)NC2C. The third kappa shape index (κ3) is 1.46. The average molecular weight is 191 g/mol. The van der Waals surface area contributed by atoms with Crippen molar-refractivity contribution >= 4 is 7.05 Å². The lowest BCUT2D eigenvalue weighted by Crippen LogP contribution is -2.42. The van der Waals surface area contributed by atoms with Crippen molar-refractivity contribution in [2.24, 2.45) is 0 Å². The molecule has 0 fully saturated rings. The van der Waals surface area contributed by atoms with Crippen LogP contribution in [-0.2, 0) is 0 Å². The summed E-state index contributed by atoms with van der Waals surface area (Å²) in [6.07, 6.45) is 0. The van der Waals surface area contributed by atoms with Gasteiger partial charge in [-0.3, -0.25) is 0 Å². The van der Waals surface area contributed by atoms with Crippen LogP contribution in [0.2, 0.25) is 6.82 Å². The topological polar surface area (TPSA) is 30.5 Å². The maximum Gasteiger partial charge on any atom is 0.443 e. The number of rotatable bonds is 1. The van der Waals surface area contributed by atoms with E-state index in [1.807, 2.05) is 19.0 Å². The number of methoxy groups -OCH3 is 1. The molecule has 0 radical (unpaired) electrons. The van der Waals surface area contributed by atoms with E-state index in [0.717, 1.165) is 17.1 Å². The number of nitrogens with one attached hydrogen (secondary N) is 1. The molecule has 1 N–H and O–H groups in total.